The van der Waals surface area contributed by atoms with E-state index in [2.05, 4.69) is 16.9 Å². The smallest absolute Gasteiger partial charge is 0.145 e. The summed E-state index contributed by atoms with van der Waals surface area (Å²) in [4.78, 5) is 3.98. The molecule has 1 N–H and O–H groups in total. The molecule has 1 aromatic heterocycles. The summed E-state index contributed by atoms with van der Waals surface area (Å²) in [5, 5.41) is 2.94. The average Bonchev–Trinajstić information content (AvgIpc) is 2.15. The van der Waals surface area contributed by atoms with Gasteiger partial charge in [-0.3, -0.25) is 0 Å². The molecule has 0 saturated carbocycles. The fraction of sp³-hybridized carbons (Fsp3) is 0.417. The van der Waals surface area contributed by atoms with E-state index in [1.807, 2.05) is 20.8 Å². The van der Waals surface area contributed by atoms with Crippen LogP contribution in [0, 0.1) is 5.82 Å². The maximum absolute atomic E-state index is 13.7. The maximum atomic E-state index is 13.7. The summed E-state index contributed by atoms with van der Waals surface area (Å²) in [7, 11) is 1.76. The third-order valence-corrected chi connectivity index (χ3v) is 2.26. The Morgan fingerprint density at radius 1 is 1.47 bits per heavy atom. The molecular weight excluding hydrogens is 191 g/mol. The lowest BCUT2D eigenvalue weighted by Gasteiger charge is -2.23. The Balaban J connectivity index is 3.53. The van der Waals surface area contributed by atoms with Gasteiger partial charge in [-0.1, -0.05) is 33.4 Å². The van der Waals surface area contributed by atoms with Crippen LogP contribution in [-0.2, 0) is 5.41 Å². The molecule has 0 saturated heterocycles. The summed E-state index contributed by atoms with van der Waals surface area (Å²) in [5.41, 5.74) is 1.13. The van der Waals surface area contributed by atoms with Gasteiger partial charge in [0.25, 0.3) is 0 Å². The first kappa shape index (κ1) is 11.7. The van der Waals surface area contributed by atoms with Crippen molar-refractivity contribution in [2.45, 2.75) is 26.2 Å². The highest BCUT2D eigenvalue weighted by Gasteiger charge is 2.23. The van der Waals surface area contributed by atoms with Gasteiger partial charge in [0.05, 0.1) is 6.20 Å². The van der Waals surface area contributed by atoms with Gasteiger partial charge in [-0.25, -0.2) is 9.37 Å². The van der Waals surface area contributed by atoms with E-state index in [1.54, 1.807) is 13.1 Å². The Bertz CT molecular complexity index is 378. The van der Waals surface area contributed by atoms with E-state index in [4.69, 9.17) is 0 Å². The second-order valence-electron chi connectivity index (χ2n) is 4.45. The minimum absolute atomic E-state index is 0.262. The highest BCUT2D eigenvalue weighted by molar-refractivity contribution is 5.66. The van der Waals surface area contributed by atoms with Crippen LogP contribution in [0.25, 0.3) is 6.08 Å². The third-order valence-electron chi connectivity index (χ3n) is 2.26. The number of nitrogens with zero attached hydrogens (tertiary/aromatic N) is 1. The second kappa shape index (κ2) is 4.01. The molecule has 0 aromatic carbocycles. The first-order valence-corrected chi connectivity index (χ1v) is 4.91. The monoisotopic (exact) mass is 208 g/mol. The summed E-state index contributed by atoms with van der Waals surface area (Å²) in [6, 6.07) is 0. The summed E-state index contributed by atoms with van der Waals surface area (Å²) in [6.45, 7) is 9.62. The number of aromatic nitrogens is 1. The highest BCUT2D eigenvalue weighted by atomic mass is 19.1. The SMILES string of the molecule is C=Cc1c(NC)ncc(F)c1C(C)(C)C. The zero-order valence-corrected chi connectivity index (χ0v) is 9.69. The Labute approximate surface area is 90.2 Å². The summed E-state index contributed by atoms with van der Waals surface area (Å²) in [5.74, 6) is 0.382. The summed E-state index contributed by atoms with van der Waals surface area (Å²) < 4.78 is 13.7. The summed E-state index contributed by atoms with van der Waals surface area (Å²) >= 11 is 0. The number of hydrogen-bond acceptors (Lipinski definition) is 2. The van der Waals surface area contributed by atoms with Gasteiger partial charge in [0.1, 0.15) is 11.6 Å². The molecule has 0 spiro atoms. The average molecular weight is 208 g/mol. The lowest BCUT2D eigenvalue weighted by molar-refractivity contribution is 0.518. The molecular formula is C12H17FN2. The third kappa shape index (κ3) is 2.17. The molecule has 3 heteroatoms. The van der Waals surface area contributed by atoms with Crippen LogP contribution >= 0.6 is 0 Å². The molecule has 2 nitrogen and oxygen atoms in total. The van der Waals surface area contributed by atoms with E-state index >= 15 is 0 Å². The van der Waals surface area contributed by atoms with Crippen LogP contribution in [0.4, 0.5) is 10.2 Å². The van der Waals surface area contributed by atoms with Gasteiger partial charge in [0, 0.05) is 18.2 Å². The van der Waals surface area contributed by atoms with Crippen molar-refractivity contribution in [2.24, 2.45) is 0 Å². The Kier molecular flexibility index (Phi) is 3.12. The van der Waals surface area contributed by atoms with E-state index in [1.165, 1.54) is 6.20 Å². The Morgan fingerprint density at radius 3 is 2.47 bits per heavy atom. The molecule has 1 heterocycles. The number of nitrogens with one attached hydrogen (secondary N) is 1. The van der Waals surface area contributed by atoms with Gasteiger partial charge in [0.2, 0.25) is 0 Å². The molecule has 1 rings (SSSR count). The summed E-state index contributed by atoms with van der Waals surface area (Å²) in [6.07, 6.45) is 2.89. The Morgan fingerprint density at radius 2 is 2.07 bits per heavy atom. The maximum Gasteiger partial charge on any atom is 0.145 e. The molecule has 15 heavy (non-hydrogen) atoms. The molecule has 0 aliphatic heterocycles. The van der Waals surface area contributed by atoms with Gasteiger partial charge >= 0.3 is 0 Å². The normalized spacial score (nSPS) is 11.3. The fourth-order valence-electron chi connectivity index (χ4n) is 1.66. The predicted octanol–water partition coefficient (Wildman–Crippen LogP) is 3.20. The van der Waals surface area contributed by atoms with Crippen molar-refractivity contribution in [2.75, 3.05) is 12.4 Å². The number of anilines is 1. The van der Waals surface area contributed by atoms with Crippen molar-refractivity contribution in [1.29, 1.82) is 0 Å². The van der Waals surface area contributed by atoms with Crippen LogP contribution in [0.15, 0.2) is 12.8 Å². The lowest BCUT2D eigenvalue weighted by Crippen LogP contribution is -2.17. The van der Waals surface area contributed by atoms with Crippen molar-refractivity contribution in [3.8, 4) is 0 Å². The van der Waals surface area contributed by atoms with E-state index < -0.39 is 0 Å². The van der Waals surface area contributed by atoms with E-state index in [0.717, 1.165) is 5.56 Å². The van der Waals surface area contributed by atoms with Crippen LogP contribution < -0.4 is 5.32 Å². The number of pyridine rings is 1. The molecule has 0 radical (unpaired) electrons. The van der Waals surface area contributed by atoms with Gasteiger partial charge < -0.3 is 5.32 Å². The van der Waals surface area contributed by atoms with Crippen molar-refractivity contribution in [3.63, 3.8) is 0 Å². The van der Waals surface area contributed by atoms with Crippen molar-refractivity contribution in [3.05, 3.63) is 29.7 Å². The minimum atomic E-state index is -0.281. The predicted molar refractivity (Wildman–Crippen MR) is 62.5 cm³/mol. The molecule has 0 aliphatic carbocycles. The van der Waals surface area contributed by atoms with E-state index in [0.29, 0.717) is 11.4 Å². The first-order chi connectivity index (χ1) is 6.91. The number of halogens is 1. The molecule has 1 aromatic rings. The standard InChI is InChI=1S/C12H17FN2/c1-6-8-10(12(2,3)4)9(13)7-15-11(8)14-5/h6-7H,1H2,2-5H3,(H,14,15). The Hall–Kier alpha value is -1.38. The van der Waals surface area contributed by atoms with Crippen molar-refractivity contribution in [1.82, 2.24) is 4.98 Å². The van der Waals surface area contributed by atoms with Crippen LogP contribution in [0.2, 0.25) is 0 Å². The van der Waals surface area contributed by atoms with Gasteiger partial charge in [-0.15, -0.1) is 0 Å². The quantitative estimate of drug-likeness (QED) is 0.807. The minimum Gasteiger partial charge on any atom is -0.373 e. The number of hydrogen-bond donors (Lipinski definition) is 1. The topological polar surface area (TPSA) is 24.9 Å². The van der Waals surface area contributed by atoms with Gasteiger partial charge in [-0.05, 0) is 5.41 Å². The van der Waals surface area contributed by atoms with Crippen LogP contribution in [0.1, 0.15) is 31.9 Å². The molecule has 0 aliphatic rings. The van der Waals surface area contributed by atoms with Crippen molar-refractivity contribution < 1.29 is 4.39 Å². The second-order valence-corrected chi connectivity index (χ2v) is 4.45. The van der Waals surface area contributed by atoms with E-state index in [9.17, 15) is 4.39 Å². The molecule has 0 amide bonds. The first-order valence-electron chi connectivity index (χ1n) is 4.91. The molecule has 0 bridgehead atoms. The molecule has 0 fully saturated rings. The molecule has 0 atom stereocenters. The van der Waals surface area contributed by atoms with Crippen molar-refractivity contribution >= 4 is 11.9 Å². The zero-order chi connectivity index (χ0) is 11.6. The largest absolute Gasteiger partial charge is 0.373 e. The van der Waals surface area contributed by atoms with Crippen LogP contribution in [0.5, 0.6) is 0 Å². The number of rotatable bonds is 2. The van der Waals surface area contributed by atoms with Crippen LogP contribution in [0.3, 0.4) is 0 Å². The van der Waals surface area contributed by atoms with E-state index in [-0.39, 0.29) is 11.2 Å². The molecule has 82 valence electrons. The van der Waals surface area contributed by atoms with Crippen LogP contribution in [-0.4, -0.2) is 12.0 Å². The fourth-order valence-corrected chi connectivity index (χ4v) is 1.66. The highest BCUT2D eigenvalue weighted by Crippen LogP contribution is 2.32. The molecule has 0 unspecified atom stereocenters. The lowest BCUT2D eigenvalue weighted by atomic mass is 9.84. The van der Waals surface area contributed by atoms with Gasteiger partial charge in [0.15, 0.2) is 0 Å². The zero-order valence-electron chi connectivity index (χ0n) is 9.69. The van der Waals surface area contributed by atoms with Gasteiger partial charge in [-0.2, -0.15) is 0 Å².